The Morgan fingerprint density at radius 3 is 1.26 bits per heavy atom. The number of hydrogen-bond acceptors (Lipinski definition) is 4. The highest BCUT2D eigenvalue weighted by Gasteiger charge is 2.19. The Morgan fingerprint density at radius 2 is 0.912 bits per heavy atom. The first-order chi connectivity index (χ1) is 15.1. The molecular formula is C25H38Cl4N4O. The quantitative estimate of drug-likeness (QED) is 0.489. The average Bonchev–Trinajstić information content (AvgIpc) is 2.76. The van der Waals surface area contributed by atoms with Crippen LogP contribution in [-0.4, -0.2) is 90.5 Å². The zero-order valence-corrected chi connectivity index (χ0v) is 22.8. The highest BCUT2D eigenvalue weighted by molar-refractivity contribution is 6.30. The van der Waals surface area contributed by atoms with E-state index in [1.54, 1.807) is 0 Å². The van der Waals surface area contributed by atoms with Crippen molar-refractivity contribution in [3.63, 3.8) is 0 Å². The second kappa shape index (κ2) is 16.2. The first-order valence-corrected chi connectivity index (χ1v) is 12.3. The van der Waals surface area contributed by atoms with E-state index in [-0.39, 0.29) is 30.3 Å². The van der Waals surface area contributed by atoms with Gasteiger partial charge in [-0.15, -0.1) is 24.8 Å². The van der Waals surface area contributed by atoms with Gasteiger partial charge in [0.2, 0.25) is 0 Å². The van der Waals surface area contributed by atoms with Crippen molar-refractivity contribution in [1.29, 1.82) is 0 Å². The maximum Gasteiger partial charge on any atom is 0.0409 e. The summed E-state index contributed by atoms with van der Waals surface area (Å²) < 4.78 is 0. The summed E-state index contributed by atoms with van der Waals surface area (Å²) in [4.78, 5) is 10.3. The standard InChI is InChI=1S/C25H34Cl2N4.2ClH.H2O/c26-24-6-1-4-22(18-24)20-30-14-10-28(11-15-30)8-3-9-29-12-16-31(17-13-29)21-23-5-2-7-25(27)19-23;;;/h1-2,4-7,18-19H,3,8-17,20-21H2;2*1H;1H2. The van der Waals surface area contributed by atoms with E-state index in [0.717, 1.165) is 49.3 Å². The fourth-order valence-corrected chi connectivity index (χ4v) is 5.07. The van der Waals surface area contributed by atoms with Crippen molar-refractivity contribution >= 4 is 48.0 Å². The van der Waals surface area contributed by atoms with Crippen molar-refractivity contribution in [2.24, 2.45) is 0 Å². The summed E-state index contributed by atoms with van der Waals surface area (Å²) in [5, 5.41) is 1.67. The summed E-state index contributed by atoms with van der Waals surface area (Å²) in [5.74, 6) is 0. The lowest BCUT2D eigenvalue weighted by Crippen LogP contribution is -2.48. The van der Waals surface area contributed by atoms with E-state index in [1.807, 2.05) is 24.3 Å². The van der Waals surface area contributed by atoms with Gasteiger partial charge < -0.3 is 15.3 Å². The molecule has 2 heterocycles. The van der Waals surface area contributed by atoms with E-state index in [4.69, 9.17) is 23.2 Å². The van der Waals surface area contributed by atoms with Gasteiger partial charge in [0.15, 0.2) is 0 Å². The molecule has 34 heavy (non-hydrogen) atoms. The van der Waals surface area contributed by atoms with Crippen LogP contribution in [0.25, 0.3) is 0 Å². The molecule has 4 rings (SSSR count). The molecule has 0 radical (unpaired) electrons. The van der Waals surface area contributed by atoms with Crippen molar-refractivity contribution in [3.8, 4) is 0 Å². The third-order valence-electron chi connectivity index (χ3n) is 6.47. The number of rotatable bonds is 8. The lowest BCUT2D eigenvalue weighted by Gasteiger charge is -2.37. The predicted molar refractivity (Wildman–Crippen MR) is 149 cm³/mol. The Morgan fingerprint density at radius 1 is 0.559 bits per heavy atom. The van der Waals surface area contributed by atoms with Crippen molar-refractivity contribution in [2.45, 2.75) is 19.5 Å². The Hall–Kier alpha value is -0.600. The van der Waals surface area contributed by atoms with Gasteiger partial charge in [-0.1, -0.05) is 47.5 Å². The molecule has 0 aromatic heterocycles. The maximum atomic E-state index is 6.12. The van der Waals surface area contributed by atoms with Crippen LogP contribution in [0.2, 0.25) is 10.0 Å². The van der Waals surface area contributed by atoms with Crippen LogP contribution in [0, 0.1) is 0 Å². The van der Waals surface area contributed by atoms with Crippen LogP contribution in [0.3, 0.4) is 0 Å². The molecule has 0 saturated carbocycles. The van der Waals surface area contributed by atoms with Gasteiger partial charge in [-0.25, -0.2) is 0 Å². The molecule has 2 aromatic rings. The fraction of sp³-hybridized carbons (Fsp3) is 0.520. The van der Waals surface area contributed by atoms with Gasteiger partial charge in [0.05, 0.1) is 0 Å². The average molecular weight is 552 g/mol. The number of hydrogen-bond donors (Lipinski definition) is 0. The van der Waals surface area contributed by atoms with Crippen LogP contribution in [0.4, 0.5) is 0 Å². The lowest BCUT2D eigenvalue weighted by atomic mass is 10.2. The minimum Gasteiger partial charge on any atom is -0.412 e. The van der Waals surface area contributed by atoms with E-state index in [2.05, 4.69) is 43.9 Å². The fourth-order valence-electron chi connectivity index (χ4n) is 4.65. The first-order valence-electron chi connectivity index (χ1n) is 11.5. The predicted octanol–water partition coefficient (Wildman–Crippen LogP) is 4.34. The summed E-state index contributed by atoms with van der Waals surface area (Å²) >= 11 is 12.2. The third-order valence-corrected chi connectivity index (χ3v) is 6.94. The van der Waals surface area contributed by atoms with Crippen molar-refractivity contribution in [1.82, 2.24) is 19.6 Å². The Bertz CT molecular complexity index is 761. The first kappa shape index (κ1) is 31.4. The molecule has 0 atom stereocenters. The topological polar surface area (TPSA) is 44.5 Å². The van der Waals surface area contributed by atoms with Gasteiger partial charge in [0, 0.05) is 75.5 Å². The molecule has 2 N–H and O–H groups in total. The normalized spacial score (nSPS) is 17.9. The summed E-state index contributed by atoms with van der Waals surface area (Å²) in [7, 11) is 0. The van der Waals surface area contributed by atoms with Gasteiger partial charge in [-0.05, 0) is 54.9 Å². The molecule has 0 aliphatic carbocycles. The number of halogens is 4. The SMILES string of the molecule is Cl.Cl.Clc1cccc(CN2CCN(CCCN3CCN(Cc4cccc(Cl)c4)CC3)CC2)c1.O. The van der Waals surface area contributed by atoms with Crippen LogP contribution in [0.1, 0.15) is 17.5 Å². The maximum absolute atomic E-state index is 6.12. The molecule has 2 aliphatic heterocycles. The van der Waals surface area contributed by atoms with Gasteiger partial charge in [0.1, 0.15) is 0 Å². The van der Waals surface area contributed by atoms with Crippen molar-refractivity contribution < 1.29 is 5.48 Å². The summed E-state index contributed by atoms with van der Waals surface area (Å²) in [6.07, 6.45) is 1.27. The second-order valence-electron chi connectivity index (χ2n) is 8.85. The van der Waals surface area contributed by atoms with Crippen LogP contribution in [0.15, 0.2) is 48.5 Å². The Kier molecular flexibility index (Phi) is 15.0. The number of nitrogens with zero attached hydrogens (tertiary/aromatic N) is 4. The second-order valence-corrected chi connectivity index (χ2v) is 9.72. The van der Waals surface area contributed by atoms with Crippen molar-refractivity contribution in [2.75, 3.05) is 65.4 Å². The minimum absolute atomic E-state index is 0. The molecule has 192 valence electrons. The molecule has 0 bridgehead atoms. The van der Waals surface area contributed by atoms with Crippen LogP contribution in [0.5, 0.6) is 0 Å². The summed E-state index contributed by atoms with van der Waals surface area (Å²) in [6.45, 7) is 13.7. The lowest BCUT2D eigenvalue weighted by molar-refractivity contribution is 0.106. The molecule has 0 unspecified atom stereocenters. The highest BCUT2D eigenvalue weighted by Crippen LogP contribution is 2.15. The Balaban J connectivity index is 0.00000193. The van der Waals surface area contributed by atoms with Gasteiger partial charge in [-0.3, -0.25) is 9.80 Å². The zero-order chi connectivity index (χ0) is 21.5. The summed E-state index contributed by atoms with van der Waals surface area (Å²) in [6, 6.07) is 16.5. The van der Waals surface area contributed by atoms with E-state index in [0.29, 0.717) is 0 Å². The third kappa shape index (κ3) is 10.2. The Labute approximate surface area is 227 Å². The van der Waals surface area contributed by atoms with Crippen LogP contribution in [-0.2, 0) is 13.1 Å². The molecular weight excluding hydrogens is 514 g/mol. The van der Waals surface area contributed by atoms with Crippen LogP contribution >= 0.6 is 48.0 Å². The molecule has 2 aromatic carbocycles. The van der Waals surface area contributed by atoms with Gasteiger partial charge >= 0.3 is 0 Å². The van der Waals surface area contributed by atoms with Crippen molar-refractivity contribution in [3.05, 3.63) is 69.7 Å². The van der Waals surface area contributed by atoms with E-state index < -0.39 is 0 Å². The minimum atomic E-state index is 0. The smallest absolute Gasteiger partial charge is 0.0409 e. The molecule has 2 fully saturated rings. The molecule has 2 aliphatic rings. The summed E-state index contributed by atoms with van der Waals surface area (Å²) in [5.41, 5.74) is 2.63. The molecule has 9 heteroatoms. The monoisotopic (exact) mass is 550 g/mol. The van der Waals surface area contributed by atoms with Gasteiger partial charge in [0.25, 0.3) is 0 Å². The van der Waals surface area contributed by atoms with E-state index in [9.17, 15) is 0 Å². The molecule has 2 saturated heterocycles. The zero-order valence-electron chi connectivity index (χ0n) is 19.7. The van der Waals surface area contributed by atoms with E-state index >= 15 is 0 Å². The van der Waals surface area contributed by atoms with Gasteiger partial charge in [-0.2, -0.15) is 0 Å². The largest absolute Gasteiger partial charge is 0.412 e. The highest BCUT2D eigenvalue weighted by atomic mass is 35.5. The number of benzene rings is 2. The molecule has 0 amide bonds. The molecule has 0 spiro atoms. The van der Waals surface area contributed by atoms with E-state index in [1.165, 1.54) is 56.8 Å². The molecule has 5 nitrogen and oxygen atoms in total. The number of piperazine rings is 2. The van der Waals surface area contributed by atoms with Crippen LogP contribution < -0.4 is 0 Å².